The van der Waals surface area contributed by atoms with Gasteiger partial charge in [-0.25, -0.2) is 0 Å². The van der Waals surface area contributed by atoms with Gasteiger partial charge in [-0.1, -0.05) is 13.0 Å². The van der Waals surface area contributed by atoms with E-state index in [-0.39, 0.29) is 12.1 Å². The molecule has 1 aromatic heterocycles. The summed E-state index contributed by atoms with van der Waals surface area (Å²) in [4.78, 5) is 1.43. The van der Waals surface area contributed by atoms with Crippen molar-refractivity contribution in [2.75, 3.05) is 6.61 Å². The minimum atomic E-state index is 0.199. The van der Waals surface area contributed by atoms with E-state index >= 15 is 0 Å². The van der Waals surface area contributed by atoms with Crippen LogP contribution >= 0.6 is 11.3 Å². The van der Waals surface area contributed by atoms with Gasteiger partial charge in [0, 0.05) is 17.5 Å². The molecule has 0 amide bonds. The zero-order valence-corrected chi connectivity index (χ0v) is 10.0. The highest BCUT2D eigenvalue weighted by atomic mass is 32.1. The Hall–Kier alpha value is -0.380. The van der Waals surface area contributed by atoms with E-state index in [1.165, 1.54) is 4.88 Å². The Morgan fingerprint density at radius 2 is 2.53 bits per heavy atom. The van der Waals surface area contributed by atoms with Gasteiger partial charge in [0.15, 0.2) is 0 Å². The molecule has 1 aliphatic heterocycles. The third kappa shape index (κ3) is 2.80. The van der Waals surface area contributed by atoms with Crippen LogP contribution in [0.5, 0.6) is 0 Å². The third-order valence-electron chi connectivity index (χ3n) is 3.17. The fraction of sp³-hybridized carbons (Fsp3) is 0.667. The SMILES string of the molecule is CC1CCOC1C(N)CCc1cccs1. The van der Waals surface area contributed by atoms with Gasteiger partial charge in [-0.2, -0.15) is 0 Å². The average molecular weight is 225 g/mol. The smallest absolute Gasteiger partial charge is 0.0752 e. The molecule has 3 unspecified atom stereocenters. The molecular formula is C12H19NOS. The summed E-state index contributed by atoms with van der Waals surface area (Å²) in [6, 6.07) is 4.47. The molecule has 0 aliphatic carbocycles. The molecule has 2 heterocycles. The molecule has 0 bridgehead atoms. The Morgan fingerprint density at radius 3 is 3.13 bits per heavy atom. The number of aryl methyl sites for hydroxylation is 1. The van der Waals surface area contributed by atoms with Crippen LogP contribution in [0.3, 0.4) is 0 Å². The van der Waals surface area contributed by atoms with Crippen molar-refractivity contribution in [3.05, 3.63) is 22.4 Å². The first kappa shape index (κ1) is 11.1. The van der Waals surface area contributed by atoms with E-state index in [1.54, 1.807) is 0 Å². The number of hydrogen-bond acceptors (Lipinski definition) is 3. The van der Waals surface area contributed by atoms with Crippen molar-refractivity contribution in [3.63, 3.8) is 0 Å². The summed E-state index contributed by atoms with van der Waals surface area (Å²) >= 11 is 1.81. The summed E-state index contributed by atoms with van der Waals surface area (Å²) in [6.07, 6.45) is 3.57. The monoisotopic (exact) mass is 225 g/mol. The minimum Gasteiger partial charge on any atom is -0.376 e. The van der Waals surface area contributed by atoms with Crippen LogP contribution in [0.25, 0.3) is 0 Å². The summed E-state index contributed by atoms with van der Waals surface area (Å²) in [5, 5.41) is 2.12. The molecule has 2 nitrogen and oxygen atoms in total. The molecule has 3 heteroatoms. The Kier molecular flexibility index (Phi) is 3.78. The van der Waals surface area contributed by atoms with Crippen molar-refractivity contribution in [2.45, 2.75) is 38.3 Å². The van der Waals surface area contributed by atoms with Crippen LogP contribution in [0, 0.1) is 5.92 Å². The number of hydrogen-bond donors (Lipinski definition) is 1. The second-order valence-corrected chi connectivity index (χ2v) is 5.42. The molecule has 0 radical (unpaired) electrons. The van der Waals surface area contributed by atoms with Gasteiger partial charge >= 0.3 is 0 Å². The fourth-order valence-corrected chi connectivity index (χ4v) is 2.92. The summed E-state index contributed by atoms with van der Waals surface area (Å²) in [5.74, 6) is 0.628. The van der Waals surface area contributed by atoms with E-state index < -0.39 is 0 Å². The van der Waals surface area contributed by atoms with E-state index in [1.807, 2.05) is 11.3 Å². The Morgan fingerprint density at radius 1 is 1.67 bits per heavy atom. The van der Waals surface area contributed by atoms with Gasteiger partial charge in [0.1, 0.15) is 0 Å². The van der Waals surface area contributed by atoms with Crippen LogP contribution in [-0.2, 0) is 11.2 Å². The van der Waals surface area contributed by atoms with Gasteiger partial charge in [-0.05, 0) is 36.6 Å². The third-order valence-corrected chi connectivity index (χ3v) is 4.11. The van der Waals surface area contributed by atoms with Crippen molar-refractivity contribution in [3.8, 4) is 0 Å². The average Bonchev–Trinajstić information content (AvgIpc) is 2.84. The van der Waals surface area contributed by atoms with Gasteiger partial charge in [0.05, 0.1) is 6.10 Å². The summed E-state index contributed by atoms with van der Waals surface area (Å²) in [5.41, 5.74) is 6.17. The lowest BCUT2D eigenvalue weighted by Crippen LogP contribution is -2.37. The normalized spacial score (nSPS) is 28.1. The summed E-state index contributed by atoms with van der Waals surface area (Å²) in [6.45, 7) is 3.13. The molecule has 1 aliphatic rings. The summed E-state index contributed by atoms with van der Waals surface area (Å²) in [7, 11) is 0. The topological polar surface area (TPSA) is 35.2 Å². The molecule has 1 saturated heterocycles. The molecule has 0 spiro atoms. The van der Waals surface area contributed by atoms with E-state index in [0.717, 1.165) is 25.9 Å². The van der Waals surface area contributed by atoms with Crippen molar-refractivity contribution < 1.29 is 4.74 Å². The van der Waals surface area contributed by atoms with E-state index in [0.29, 0.717) is 5.92 Å². The quantitative estimate of drug-likeness (QED) is 0.854. The minimum absolute atomic E-state index is 0.199. The molecule has 84 valence electrons. The zero-order valence-electron chi connectivity index (χ0n) is 9.19. The van der Waals surface area contributed by atoms with E-state index in [2.05, 4.69) is 24.4 Å². The Bertz CT molecular complexity index is 286. The highest BCUT2D eigenvalue weighted by Crippen LogP contribution is 2.24. The predicted octanol–water partition coefficient (Wildman–Crippen LogP) is 2.43. The van der Waals surface area contributed by atoms with Crippen LogP contribution in [-0.4, -0.2) is 18.8 Å². The maximum atomic E-state index is 6.17. The number of thiophene rings is 1. The lowest BCUT2D eigenvalue weighted by Gasteiger charge is -2.22. The Labute approximate surface area is 95.4 Å². The number of rotatable bonds is 4. The van der Waals surface area contributed by atoms with Crippen molar-refractivity contribution >= 4 is 11.3 Å². The van der Waals surface area contributed by atoms with Crippen LogP contribution in [0.2, 0.25) is 0 Å². The van der Waals surface area contributed by atoms with Crippen LogP contribution < -0.4 is 5.73 Å². The second kappa shape index (κ2) is 5.10. The van der Waals surface area contributed by atoms with E-state index in [4.69, 9.17) is 10.5 Å². The molecule has 1 fully saturated rings. The maximum absolute atomic E-state index is 6.17. The predicted molar refractivity (Wildman–Crippen MR) is 64.1 cm³/mol. The Balaban J connectivity index is 1.79. The number of ether oxygens (including phenoxy) is 1. The molecule has 15 heavy (non-hydrogen) atoms. The first-order valence-electron chi connectivity index (χ1n) is 5.67. The van der Waals surface area contributed by atoms with E-state index in [9.17, 15) is 0 Å². The zero-order chi connectivity index (χ0) is 10.7. The van der Waals surface area contributed by atoms with Crippen molar-refractivity contribution in [2.24, 2.45) is 11.7 Å². The summed E-state index contributed by atoms with van der Waals surface area (Å²) < 4.78 is 5.68. The highest BCUT2D eigenvalue weighted by molar-refractivity contribution is 7.09. The molecule has 3 atom stereocenters. The van der Waals surface area contributed by atoms with Crippen LogP contribution in [0.1, 0.15) is 24.6 Å². The second-order valence-electron chi connectivity index (χ2n) is 4.38. The number of nitrogens with two attached hydrogens (primary N) is 1. The van der Waals surface area contributed by atoms with Gasteiger partial charge in [-0.3, -0.25) is 0 Å². The highest BCUT2D eigenvalue weighted by Gasteiger charge is 2.29. The molecular weight excluding hydrogens is 206 g/mol. The van der Waals surface area contributed by atoms with Gasteiger partial charge in [0.25, 0.3) is 0 Å². The molecule has 2 N–H and O–H groups in total. The lowest BCUT2D eigenvalue weighted by molar-refractivity contribution is 0.0703. The van der Waals surface area contributed by atoms with Crippen LogP contribution in [0.4, 0.5) is 0 Å². The van der Waals surface area contributed by atoms with Crippen molar-refractivity contribution in [1.29, 1.82) is 0 Å². The lowest BCUT2D eigenvalue weighted by atomic mass is 9.95. The van der Waals surface area contributed by atoms with Gasteiger partial charge in [-0.15, -0.1) is 11.3 Å². The van der Waals surface area contributed by atoms with Crippen LogP contribution in [0.15, 0.2) is 17.5 Å². The molecule has 0 saturated carbocycles. The van der Waals surface area contributed by atoms with Gasteiger partial charge < -0.3 is 10.5 Å². The first-order valence-corrected chi connectivity index (χ1v) is 6.55. The fourth-order valence-electron chi connectivity index (χ4n) is 2.19. The first-order chi connectivity index (χ1) is 7.27. The largest absolute Gasteiger partial charge is 0.376 e. The molecule has 1 aromatic rings. The standard InChI is InChI=1S/C12H19NOS/c1-9-6-7-14-12(9)11(13)5-4-10-3-2-8-15-10/h2-3,8-9,11-12H,4-7,13H2,1H3. The molecule has 2 rings (SSSR count). The van der Waals surface area contributed by atoms with Gasteiger partial charge in [0.2, 0.25) is 0 Å². The maximum Gasteiger partial charge on any atom is 0.0752 e. The molecule has 0 aromatic carbocycles. The van der Waals surface area contributed by atoms with Crippen molar-refractivity contribution in [1.82, 2.24) is 0 Å².